The summed E-state index contributed by atoms with van der Waals surface area (Å²) in [6.07, 6.45) is 6.24. The zero-order valence-corrected chi connectivity index (χ0v) is 12.4. The summed E-state index contributed by atoms with van der Waals surface area (Å²) in [6.45, 7) is 7.68. The molecule has 0 radical (unpaired) electrons. The third-order valence-electron chi connectivity index (χ3n) is 4.31. The second kappa shape index (κ2) is 7.25. The molecule has 0 amide bonds. The van der Waals surface area contributed by atoms with Crippen LogP contribution in [0.4, 0.5) is 0 Å². The smallest absolute Gasteiger partial charge is 0.324 e. The number of carbonyl (C=O) groups excluding carboxylic acids is 1. The Labute approximate surface area is 116 Å². The summed E-state index contributed by atoms with van der Waals surface area (Å²) in [5.74, 6) is 0.806. The number of nitrogens with zero attached hydrogens (tertiary/aromatic N) is 1. The highest BCUT2D eigenvalue weighted by Crippen LogP contribution is 2.22. The lowest BCUT2D eigenvalue weighted by molar-refractivity contribution is -0.146. The van der Waals surface area contributed by atoms with Crippen molar-refractivity contribution < 1.29 is 9.53 Å². The minimum Gasteiger partial charge on any atom is -0.465 e. The highest BCUT2D eigenvalue weighted by atomic mass is 16.5. The fourth-order valence-corrected chi connectivity index (χ4v) is 2.81. The van der Waals surface area contributed by atoms with Crippen molar-refractivity contribution in [2.45, 2.75) is 58.0 Å². The van der Waals surface area contributed by atoms with Crippen LogP contribution in [0, 0.1) is 5.92 Å². The summed E-state index contributed by atoms with van der Waals surface area (Å²) >= 11 is 0. The molecule has 4 heteroatoms. The first kappa shape index (κ1) is 14.8. The highest BCUT2D eigenvalue weighted by Gasteiger charge is 2.31. The molecule has 1 saturated carbocycles. The van der Waals surface area contributed by atoms with Gasteiger partial charge in [-0.2, -0.15) is 0 Å². The Morgan fingerprint density at radius 2 is 1.95 bits per heavy atom. The molecule has 0 bridgehead atoms. The largest absolute Gasteiger partial charge is 0.465 e. The lowest BCUT2D eigenvalue weighted by atomic mass is 9.94. The van der Waals surface area contributed by atoms with Gasteiger partial charge >= 0.3 is 5.97 Å². The van der Waals surface area contributed by atoms with Crippen LogP contribution in [-0.4, -0.2) is 49.2 Å². The van der Waals surface area contributed by atoms with E-state index >= 15 is 0 Å². The Bertz CT molecular complexity index is 284. The van der Waals surface area contributed by atoms with Gasteiger partial charge in [0.25, 0.3) is 0 Å². The van der Waals surface area contributed by atoms with Gasteiger partial charge in [0, 0.05) is 12.6 Å². The Balaban J connectivity index is 1.79. The summed E-state index contributed by atoms with van der Waals surface area (Å²) in [7, 11) is 0. The molecule has 0 aromatic rings. The van der Waals surface area contributed by atoms with Crippen molar-refractivity contribution in [3.63, 3.8) is 0 Å². The van der Waals surface area contributed by atoms with E-state index < -0.39 is 0 Å². The van der Waals surface area contributed by atoms with Crippen molar-refractivity contribution >= 4 is 5.97 Å². The van der Waals surface area contributed by atoms with Crippen LogP contribution in [-0.2, 0) is 9.53 Å². The number of piperidine rings is 1. The Morgan fingerprint density at radius 3 is 2.47 bits per heavy atom. The van der Waals surface area contributed by atoms with Gasteiger partial charge in [-0.05, 0) is 51.6 Å². The normalized spacial score (nSPS) is 23.3. The number of esters is 1. The van der Waals surface area contributed by atoms with Crippen molar-refractivity contribution in [1.82, 2.24) is 10.2 Å². The quantitative estimate of drug-likeness (QED) is 0.715. The van der Waals surface area contributed by atoms with Crippen LogP contribution in [0.1, 0.15) is 46.0 Å². The maximum absolute atomic E-state index is 12.0. The van der Waals surface area contributed by atoms with Gasteiger partial charge in [0.15, 0.2) is 0 Å². The number of likely N-dealkylation sites (tertiary alicyclic amines) is 1. The minimum absolute atomic E-state index is 0.0768. The van der Waals surface area contributed by atoms with Gasteiger partial charge in [-0.1, -0.05) is 13.3 Å². The summed E-state index contributed by atoms with van der Waals surface area (Å²) in [5.41, 5.74) is 0. The summed E-state index contributed by atoms with van der Waals surface area (Å²) in [5, 5.41) is 3.43. The first-order valence-corrected chi connectivity index (χ1v) is 7.88. The molecule has 2 rings (SSSR count). The molecule has 2 aliphatic rings. The SMILES string of the molecule is CCOC(=O)C(CN1CCC(CC)CC1)NC1CC1. The van der Waals surface area contributed by atoms with E-state index in [2.05, 4.69) is 17.1 Å². The van der Waals surface area contributed by atoms with Crippen LogP contribution < -0.4 is 5.32 Å². The second-order valence-corrected chi connectivity index (χ2v) is 5.90. The average Bonchev–Trinajstić information content (AvgIpc) is 3.23. The molecule has 1 heterocycles. The van der Waals surface area contributed by atoms with E-state index in [9.17, 15) is 4.79 Å². The van der Waals surface area contributed by atoms with E-state index in [1.165, 1.54) is 32.1 Å². The molecule has 0 aromatic carbocycles. The first-order chi connectivity index (χ1) is 9.22. The number of rotatable bonds is 7. The molecule has 4 nitrogen and oxygen atoms in total. The Kier molecular flexibility index (Phi) is 5.64. The number of nitrogens with one attached hydrogen (secondary N) is 1. The van der Waals surface area contributed by atoms with Crippen molar-refractivity contribution in [1.29, 1.82) is 0 Å². The molecule has 1 atom stereocenters. The lowest BCUT2D eigenvalue weighted by Gasteiger charge is -2.33. The van der Waals surface area contributed by atoms with E-state index in [0.717, 1.165) is 25.6 Å². The van der Waals surface area contributed by atoms with Crippen molar-refractivity contribution in [3.05, 3.63) is 0 Å². The Hall–Kier alpha value is -0.610. The lowest BCUT2D eigenvalue weighted by Crippen LogP contribution is -2.49. The van der Waals surface area contributed by atoms with Crippen LogP contribution in [0.25, 0.3) is 0 Å². The molecular formula is C15H28N2O2. The Morgan fingerprint density at radius 1 is 1.26 bits per heavy atom. The molecule has 110 valence electrons. The topological polar surface area (TPSA) is 41.6 Å². The third kappa shape index (κ3) is 4.77. The molecular weight excluding hydrogens is 240 g/mol. The van der Waals surface area contributed by atoms with E-state index in [-0.39, 0.29) is 12.0 Å². The number of carbonyl (C=O) groups is 1. The maximum Gasteiger partial charge on any atom is 0.324 e. The number of hydrogen-bond acceptors (Lipinski definition) is 4. The fourth-order valence-electron chi connectivity index (χ4n) is 2.81. The molecule has 0 aromatic heterocycles. The fraction of sp³-hybridized carbons (Fsp3) is 0.933. The molecule has 1 N–H and O–H groups in total. The second-order valence-electron chi connectivity index (χ2n) is 5.90. The van der Waals surface area contributed by atoms with Crippen LogP contribution in [0.5, 0.6) is 0 Å². The number of ether oxygens (including phenoxy) is 1. The van der Waals surface area contributed by atoms with Gasteiger partial charge in [-0.25, -0.2) is 0 Å². The van der Waals surface area contributed by atoms with E-state index in [4.69, 9.17) is 4.74 Å². The van der Waals surface area contributed by atoms with Crippen molar-refractivity contribution in [3.8, 4) is 0 Å². The van der Waals surface area contributed by atoms with E-state index in [0.29, 0.717) is 12.6 Å². The zero-order chi connectivity index (χ0) is 13.7. The van der Waals surface area contributed by atoms with E-state index in [1.54, 1.807) is 0 Å². The van der Waals surface area contributed by atoms with Gasteiger partial charge in [-0.3, -0.25) is 4.79 Å². The predicted molar refractivity (Wildman–Crippen MR) is 76.0 cm³/mol. The monoisotopic (exact) mass is 268 g/mol. The molecule has 1 aliphatic carbocycles. The molecule has 1 unspecified atom stereocenters. The predicted octanol–water partition coefficient (Wildman–Crippen LogP) is 1.79. The van der Waals surface area contributed by atoms with Crippen LogP contribution in [0.15, 0.2) is 0 Å². The molecule has 1 saturated heterocycles. The molecule has 0 spiro atoms. The van der Waals surface area contributed by atoms with Crippen molar-refractivity contribution in [2.24, 2.45) is 5.92 Å². The first-order valence-electron chi connectivity index (χ1n) is 7.88. The highest BCUT2D eigenvalue weighted by molar-refractivity contribution is 5.76. The van der Waals surface area contributed by atoms with Crippen LogP contribution in [0.3, 0.4) is 0 Å². The molecule has 1 aliphatic heterocycles. The summed E-state index contributed by atoms with van der Waals surface area (Å²) < 4.78 is 5.19. The number of hydrogen-bond donors (Lipinski definition) is 1. The average molecular weight is 268 g/mol. The van der Waals surface area contributed by atoms with Gasteiger partial charge < -0.3 is 15.0 Å². The van der Waals surface area contributed by atoms with Gasteiger partial charge in [0.2, 0.25) is 0 Å². The van der Waals surface area contributed by atoms with Crippen molar-refractivity contribution in [2.75, 3.05) is 26.2 Å². The van der Waals surface area contributed by atoms with Gasteiger partial charge in [0.05, 0.1) is 6.61 Å². The zero-order valence-electron chi connectivity index (χ0n) is 12.4. The summed E-state index contributed by atoms with van der Waals surface area (Å²) in [6, 6.07) is 0.410. The van der Waals surface area contributed by atoms with E-state index in [1.807, 2.05) is 6.92 Å². The molecule has 2 fully saturated rings. The maximum atomic E-state index is 12.0. The molecule has 19 heavy (non-hydrogen) atoms. The van der Waals surface area contributed by atoms with Gasteiger partial charge in [-0.15, -0.1) is 0 Å². The minimum atomic E-state index is -0.134. The summed E-state index contributed by atoms with van der Waals surface area (Å²) in [4.78, 5) is 14.4. The standard InChI is InChI=1S/C15H28N2O2/c1-3-12-7-9-17(10-8-12)11-14(15(18)19-4-2)16-13-5-6-13/h12-14,16H,3-11H2,1-2H3. The van der Waals surface area contributed by atoms with Crippen LogP contribution >= 0.6 is 0 Å². The van der Waals surface area contributed by atoms with Gasteiger partial charge in [0.1, 0.15) is 6.04 Å². The third-order valence-corrected chi connectivity index (χ3v) is 4.31. The van der Waals surface area contributed by atoms with Crippen LogP contribution in [0.2, 0.25) is 0 Å².